The van der Waals surface area contributed by atoms with Crippen molar-refractivity contribution in [1.29, 1.82) is 0 Å². The Kier molecular flexibility index (Phi) is 4.56. The van der Waals surface area contributed by atoms with Crippen molar-refractivity contribution in [2.24, 2.45) is 0 Å². The van der Waals surface area contributed by atoms with Crippen LogP contribution >= 0.6 is 0 Å². The van der Waals surface area contributed by atoms with Crippen LogP contribution < -0.4 is 5.43 Å². The molecule has 84 valence electrons. The zero-order chi connectivity index (χ0) is 11.3. The molecule has 0 amide bonds. The minimum absolute atomic E-state index is 0.328. The van der Waals surface area contributed by atoms with E-state index in [0.717, 1.165) is 12.2 Å². The molecule has 1 aromatic rings. The standard InChI is InChI=1S/C12H19FN2/c1-4-15(9-8-13)14-12-10(2)6-5-7-11(12)3/h5-7,14H,4,8-9H2,1-3H3. The highest BCUT2D eigenvalue weighted by Gasteiger charge is 2.05. The third-order valence-electron chi connectivity index (χ3n) is 2.49. The van der Waals surface area contributed by atoms with E-state index in [4.69, 9.17) is 0 Å². The van der Waals surface area contributed by atoms with Crippen LogP contribution in [0.3, 0.4) is 0 Å². The Morgan fingerprint density at radius 1 is 1.27 bits per heavy atom. The highest BCUT2D eigenvalue weighted by Crippen LogP contribution is 2.19. The van der Waals surface area contributed by atoms with Gasteiger partial charge in [0.1, 0.15) is 6.67 Å². The molecule has 0 saturated carbocycles. The summed E-state index contributed by atoms with van der Waals surface area (Å²) >= 11 is 0. The number of aryl methyl sites for hydroxylation is 2. The number of benzene rings is 1. The lowest BCUT2D eigenvalue weighted by molar-refractivity contribution is 0.304. The number of hydrazine groups is 1. The first kappa shape index (κ1) is 12.0. The summed E-state index contributed by atoms with van der Waals surface area (Å²) in [4.78, 5) is 0. The van der Waals surface area contributed by atoms with Crippen LogP contribution in [0.25, 0.3) is 0 Å². The molecule has 0 aromatic heterocycles. The number of halogens is 1. The lowest BCUT2D eigenvalue weighted by Gasteiger charge is -2.23. The number of alkyl halides is 1. The lowest BCUT2D eigenvalue weighted by Crippen LogP contribution is -2.32. The summed E-state index contributed by atoms with van der Waals surface area (Å²) in [6, 6.07) is 6.14. The predicted octanol–water partition coefficient (Wildman–Crippen LogP) is 2.92. The van der Waals surface area contributed by atoms with Crippen LogP contribution in [0, 0.1) is 13.8 Å². The van der Waals surface area contributed by atoms with Crippen LogP contribution in [0.1, 0.15) is 18.1 Å². The maximum absolute atomic E-state index is 12.3. The lowest BCUT2D eigenvalue weighted by atomic mass is 10.1. The van der Waals surface area contributed by atoms with Gasteiger partial charge >= 0.3 is 0 Å². The van der Waals surface area contributed by atoms with Crippen LogP contribution in [0.2, 0.25) is 0 Å². The molecule has 1 aromatic carbocycles. The van der Waals surface area contributed by atoms with Crippen LogP contribution in [0.5, 0.6) is 0 Å². The van der Waals surface area contributed by atoms with E-state index in [9.17, 15) is 4.39 Å². The number of hydrogen-bond donors (Lipinski definition) is 1. The fourth-order valence-corrected chi connectivity index (χ4v) is 1.54. The van der Waals surface area contributed by atoms with Crippen molar-refractivity contribution >= 4 is 5.69 Å². The Morgan fingerprint density at radius 3 is 2.33 bits per heavy atom. The molecular weight excluding hydrogens is 191 g/mol. The Balaban J connectivity index is 2.78. The molecule has 0 saturated heterocycles. The molecular formula is C12H19FN2. The normalized spacial score (nSPS) is 10.7. The maximum Gasteiger partial charge on any atom is 0.104 e. The average molecular weight is 210 g/mol. The molecule has 0 aliphatic rings. The van der Waals surface area contributed by atoms with Gasteiger partial charge in [-0.05, 0) is 25.0 Å². The zero-order valence-electron chi connectivity index (χ0n) is 9.68. The van der Waals surface area contributed by atoms with E-state index in [1.165, 1.54) is 11.1 Å². The van der Waals surface area contributed by atoms with Gasteiger partial charge in [0, 0.05) is 13.1 Å². The van der Waals surface area contributed by atoms with Gasteiger partial charge in [0.15, 0.2) is 0 Å². The average Bonchev–Trinajstić information content (AvgIpc) is 2.22. The fourth-order valence-electron chi connectivity index (χ4n) is 1.54. The molecule has 0 radical (unpaired) electrons. The quantitative estimate of drug-likeness (QED) is 0.752. The second-order valence-corrected chi connectivity index (χ2v) is 3.65. The molecule has 0 bridgehead atoms. The van der Waals surface area contributed by atoms with E-state index in [1.807, 2.05) is 18.0 Å². The Hall–Kier alpha value is -1.09. The van der Waals surface area contributed by atoms with Gasteiger partial charge in [-0.2, -0.15) is 0 Å². The molecule has 0 spiro atoms. The molecule has 0 heterocycles. The van der Waals surface area contributed by atoms with Gasteiger partial charge in [-0.15, -0.1) is 0 Å². The van der Waals surface area contributed by atoms with Crippen molar-refractivity contribution in [3.63, 3.8) is 0 Å². The van der Waals surface area contributed by atoms with E-state index in [2.05, 4.69) is 31.4 Å². The Labute approximate surface area is 91.1 Å². The summed E-state index contributed by atoms with van der Waals surface area (Å²) in [6.07, 6.45) is 0. The van der Waals surface area contributed by atoms with Gasteiger partial charge in [-0.25, -0.2) is 9.40 Å². The van der Waals surface area contributed by atoms with Crippen molar-refractivity contribution < 1.29 is 4.39 Å². The van der Waals surface area contributed by atoms with Gasteiger partial charge in [-0.3, -0.25) is 0 Å². The minimum atomic E-state index is -0.328. The van der Waals surface area contributed by atoms with Crippen molar-refractivity contribution in [2.75, 3.05) is 25.2 Å². The summed E-state index contributed by atoms with van der Waals surface area (Å²) in [6.45, 7) is 7.00. The zero-order valence-corrected chi connectivity index (χ0v) is 9.68. The number of anilines is 1. The van der Waals surface area contributed by atoms with E-state index in [1.54, 1.807) is 0 Å². The third-order valence-corrected chi connectivity index (χ3v) is 2.49. The molecule has 0 fully saturated rings. The third kappa shape index (κ3) is 3.20. The molecule has 1 N–H and O–H groups in total. The second kappa shape index (κ2) is 5.71. The monoisotopic (exact) mass is 210 g/mol. The van der Waals surface area contributed by atoms with Gasteiger partial charge in [0.25, 0.3) is 0 Å². The van der Waals surface area contributed by atoms with Crippen LogP contribution in [0.15, 0.2) is 18.2 Å². The number of rotatable bonds is 5. The summed E-state index contributed by atoms with van der Waals surface area (Å²) in [5.41, 5.74) is 6.72. The number of para-hydroxylation sites is 1. The van der Waals surface area contributed by atoms with Crippen LogP contribution in [-0.4, -0.2) is 24.8 Å². The molecule has 2 nitrogen and oxygen atoms in total. The molecule has 1 rings (SSSR count). The second-order valence-electron chi connectivity index (χ2n) is 3.65. The largest absolute Gasteiger partial charge is 0.318 e. The molecule has 3 heteroatoms. The summed E-state index contributed by atoms with van der Waals surface area (Å²) in [5, 5.41) is 1.88. The van der Waals surface area contributed by atoms with E-state index < -0.39 is 0 Å². The Bertz CT molecular complexity index is 292. The summed E-state index contributed by atoms with van der Waals surface area (Å²) in [5.74, 6) is 0. The molecule has 15 heavy (non-hydrogen) atoms. The summed E-state index contributed by atoms with van der Waals surface area (Å²) in [7, 11) is 0. The number of nitrogens with zero attached hydrogens (tertiary/aromatic N) is 1. The van der Waals surface area contributed by atoms with Crippen molar-refractivity contribution in [3.8, 4) is 0 Å². The molecule has 0 aliphatic carbocycles. The first-order valence-electron chi connectivity index (χ1n) is 5.32. The maximum atomic E-state index is 12.3. The molecule has 0 aliphatic heterocycles. The Morgan fingerprint density at radius 2 is 1.87 bits per heavy atom. The van der Waals surface area contributed by atoms with E-state index in [0.29, 0.717) is 6.54 Å². The number of nitrogens with one attached hydrogen (secondary N) is 1. The van der Waals surface area contributed by atoms with E-state index in [-0.39, 0.29) is 6.67 Å². The topological polar surface area (TPSA) is 15.3 Å². The van der Waals surface area contributed by atoms with Gasteiger partial charge < -0.3 is 5.43 Å². The van der Waals surface area contributed by atoms with Crippen molar-refractivity contribution in [1.82, 2.24) is 5.01 Å². The highest BCUT2D eigenvalue weighted by atomic mass is 19.1. The van der Waals surface area contributed by atoms with E-state index >= 15 is 0 Å². The minimum Gasteiger partial charge on any atom is -0.318 e. The SMILES string of the molecule is CCN(CCF)Nc1c(C)cccc1C. The first-order chi connectivity index (χ1) is 7.19. The molecule has 0 unspecified atom stereocenters. The fraction of sp³-hybridized carbons (Fsp3) is 0.500. The summed E-state index contributed by atoms with van der Waals surface area (Å²) < 4.78 is 12.3. The van der Waals surface area contributed by atoms with Crippen molar-refractivity contribution in [2.45, 2.75) is 20.8 Å². The van der Waals surface area contributed by atoms with Crippen LogP contribution in [-0.2, 0) is 0 Å². The van der Waals surface area contributed by atoms with Gasteiger partial charge in [0.2, 0.25) is 0 Å². The highest BCUT2D eigenvalue weighted by molar-refractivity contribution is 5.55. The van der Waals surface area contributed by atoms with Gasteiger partial charge in [0.05, 0.1) is 5.69 Å². The smallest absolute Gasteiger partial charge is 0.104 e. The molecule has 0 atom stereocenters. The predicted molar refractivity (Wildman–Crippen MR) is 62.8 cm³/mol. The number of hydrogen-bond acceptors (Lipinski definition) is 2. The van der Waals surface area contributed by atoms with Gasteiger partial charge in [-0.1, -0.05) is 25.1 Å². The van der Waals surface area contributed by atoms with Crippen LogP contribution in [0.4, 0.5) is 10.1 Å². The van der Waals surface area contributed by atoms with Crippen molar-refractivity contribution in [3.05, 3.63) is 29.3 Å². The first-order valence-corrected chi connectivity index (χ1v) is 5.32.